The summed E-state index contributed by atoms with van der Waals surface area (Å²) >= 11 is 1.39. The van der Waals surface area contributed by atoms with Gasteiger partial charge in [-0.15, -0.1) is 11.3 Å². The molecule has 9 nitrogen and oxygen atoms in total. The summed E-state index contributed by atoms with van der Waals surface area (Å²) in [6.07, 6.45) is -0.273. The Bertz CT molecular complexity index is 992. The molecule has 0 spiro atoms. The van der Waals surface area contributed by atoms with Crippen molar-refractivity contribution in [2.75, 3.05) is 33.9 Å². The molecule has 1 unspecified atom stereocenters. The van der Waals surface area contributed by atoms with Crippen molar-refractivity contribution in [1.29, 1.82) is 0 Å². The van der Waals surface area contributed by atoms with Crippen molar-refractivity contribution in [3.8, 4) is 0 Å². The van der Waals surface area contributed by atoms with Crippen molar-refractivity contribution in [3.63, 3.8) is 0 Å². The van der Waals surface area contributed by atoms with Gasteiger partial charge in [-0.1, -0.05) is 0 Å². The fourth-order valence-electron chi connectivity index (χ4n) is 3.30. The Kier molecular flexibility index (Phi) is 6.21. The highest BCUT2D eigenvalue weighted by Gasteiger charge is 2.25. The average Bonchev–Trinajstić information content (AvgIpc) is 3.22. The van der Waals surface area contributed by atoms with Crippen molar-refractivity contribution in [1.82, 2.24) is 19.4 Å². The molecule has 28 heavy (non-hydrogen) atoms. The van der Waals surface area contributed by atoms with Gasteiger partial charge in [0.15, 0.2) is 0 Å². The molecule has 2 aromatic heterocycles. The van der Waals surface area contributed by atoms with Gasteiger partial charge in [-0.3, -0.25) is 13.9 Å². The predicted octanol–water partition coefficient (Wildman–Crippen LogP) is 0.740. The molecule has 10 heteroatoms. The van der Waals surface area contributed by atoms with E-state index in [2.05, 4.69) is 5.32 Å². The SMILES string of the molecule is COCCn1c(=O)n(CC(C)OC)c(=O)c2c(C)c(CN3CCNC3=O)sc21. The van der Waals surface area contributed by atoms with Gasteiger partial charge in [0.05, 0.1) is 37.7 Å². The molecule has 154 valence electrons. The fourth-order valence-corrected chi connectivity index (χ4v) is 4.63. The van der Waals surface area contributed by atoms with Crippen LogP contribution < -0.4 is 16.6 Å². The lowest BCUT2D eigenvalue weighted by Gasteiger charge is -2.14. The number of thiophene rings is 1. The normalized spacial score (nSPS) is 15.4. The average molecular weight is 410 g/mol. The number of urea groups is 1. The summed E-state index contributed by atoms with van der Waals surface area (Å²) in [5, 5.41) is 3.31. The summed E-state index contributed by atoms with van der Waals surface area (Å²) in [5.74, 6) is 0. The van der Waals surface area contributed by atoms with E-state index in [0.717, 1.165) is 10.4 Å². The van der Waals surface area contributed by atoms with Crippen LogP contribution in [0.2, 0.25) is 0 Å². The number of carbonyl (C=O) groups is 1. The molecule has 1 atom stereocenters. The molecule has 1 saturated heterocycles. The van der Waals surface area contributed by atoms with Gasteiger partial charge >= 0.3 is 11.7 Å². The smallest absolute Gasteiger partial charge is 0.332 e. The maximum absolute atomic E-state index is 13.1. The monoisotopic (exact) mass is 410 g/mol. The van der Waals surface area contributed by atoms with E-state index in [1.54, 1.807) is 23.7 Å². The number of nitrogens with zero attached hydrogens (tertiary/aromatic N) is 3. The second kappa shape index (κ2) is 8.46. The minimum Gasteiger partial charge on any atom is -0.383 e. The molecule has 0 saturated carbocycles. The number of rotatable bonds is 8. The Morgan fingerprint density at radius 2 is 1.96 bits per heavy atom. The number of nitrogens with one attached hydrogen (secondary N) is 1. The lowest BCUT2D eigenvalue weighted by atomic mass is 10.2. The van der Waals surface area contributed by atoms with Crippen molar-refractivity contribution in [2.45, 2.75) is 39.6 Å². The third-order valence-electron chi connectivity index (χ3n) is 5.03. The molecule has 0 radical (unpaired) electrons. The number of ether oxygens (including phenoxy) is 2. The van der Waals surface area contributed by atoms with Gasteiger partial charge in [0.25, 0.3) is 5.56 Å². The third kappa shape index (κ3) is 3.71. The highest BCUT2D eigenvalue weighted by molar-refractivity contribution is 7.18. The lowest BCUT2D eigenvalue weighted by molar-refractivity contribution is 0.100. The highest BCUT2D eigenvalue weighted by atomic mass is 32.1. The van der Waals surface area contributed by atoms with Crippen molar-refractivity contribution in [3.05, 3.63) is 31.3 Å². The van der Waals surface area contributed by atoms with Crippen LogP contribution in [0.25, 0.3) is 10.2 Å². The van der Waals surface area contributed by atoms with Crippen LogP contribution in [0.4, 0.5) is 4.79 Å². The second-order valence-electron chi connectivity index (χ2n) is 6.87. The maximum Gasteiger partial charge on any atom is 0.332 e. The summed E-state index contributed by atoms with van der Waals surface area (Å²) in [4.78, 5) is 41.3. The minimum absolute atomic E-state index is 0.111. The van der Waals surface area contributed by atoms with Crippen LogP contribution in [0.5, 0.6) is 0 Å². The van der Waals surface area contributed by atoms with Crippen LogP contribution in [0, 0.1) is 6.92 Å². The van der Waals surface area contributed by atoms with E-state index < -0.39 is 0 Å². The zero-order valence-corrected chi connectivity index (χ0v) is 17.4. The molecule has 1 N–H and O–H groups in total. The Morgan fingerprint density at radius 1 is 1.21 bits per heavy atom. The zero-order chi connectivity index (χ0) is 20.4. The Morgan fingerprint density at radius 3 is 2.57 bits per heavy atom. The summed E-state index contributed by atoms with van der Waals surface area (Å²) < 4.78 is 13.2. The van der Waals surface area contributed by atoms with E-state index >= 15 is 0 Å². The molecule has 0 aromatic carbocycles. The number of fused-ring (bicyclic) bond motifs is 1. The van der Waals surface area contributed by atoms with Gasteiger partial charge in [0.1, 0.15) is 4.83 Å². The molecule has 1 aliphatic rings. The molecule has 2 amide bonds. The predicted molar refractivity (Wildman–Crippen MR) is 107 cm³/mol. The van der Waals surface area contributed by atoms with Gasteiger partial charge in [0, 0.05) is 32.2 Å². The topological polar surface area (TPSA) is 94.8 Å². The first-order valence-electron chi connectivity index (χ1n) is 9.19. The number of hydrogen-bond acceptors (Lipinski definition) is 6. The van der Waals surface area contributed by atoms with Crippen LogP contribution in [0.3, 0.4) is 0 Å². The summed E-state index contributed by atoms with van der Waals surface area (Å²) in [6.45, 7) is 6.22. The van der Waals surface area contributed by atoms with Crippen LogP contribution >= 0.6 is 11.3 Å². The molecule has 0 bridgehead atoms. The third-order valence-corrected chi connectivity index (χ3v) is 6.33. The largest absolute Gasteiger partial charge is 0.383 e. The lowest BCUT2D eigenvalue weighted by Crippen LogP contribution is -2.42. The molecule has 1 aliphatic heterocycles. The van der Waals surface area contributed by atoms with E-state index in [9.17, 15) is 14.4 Å². The summed E-state index contributed by atoms with van der Waals surface area (Å²) in [5.41, 5.74) is 0.128. The second-order valence-corrected chi connectivity index (χ2v) is 7.96. The van der Waals surface area contributed by atoms with Crippen LogP contribution in [-0.4, -0.2) is 60.1 Å². The Balaban J connectivity index is 2.16. The van der Waals surface area contributed by atoms with Crippen LogP contribution in [0.15, 0.2) is 9.59 Å². The molecular weight excluding hydrogens is 384 g/mol. The first-order valence-corrected chi connectivity index (χ1v) is 10.0. The first kappa shape index (κ1) is 20.6. The van der Waals surface area contributed by atoms with Gasteiger partial charge in [-0.2, -0.15) is 0 Å². The molecule has 3 rings (SSSR count). The summed E-state index contributed by atoms with van der Waals surface area (Å²) in [6, 6.07) is -0.111. The van der Waals surface area contributed by atoms with Crippen molar-refractivity contribution < 1.29 is 14.3 Å². The molecule has 0 aliphatic carbocycles. The number of carbonyl (C=O) groups excluding carboxylic acids is 1. The Hall–Kier alpha value is -2.17. The quantitative estimate of drug-likeness (QED) is 0.693. The maximum atomic E-state index is 13.1. The van der Waals surface area contributed by atoms with Gasteiger partial charge in [-0.05, 0) is 19.4 Å². The molecule has 1 fully saturated rings. The number of aromatic nitrogens is 2. The van der Waals surface area contributed by atoms with E-state index in [0.29, 0.717) is 43.0 Å². The van der Waals surface area contributed by atoms with E-state index in [1.165, 1.54) is 15.9 Å². The Labute approximate surface area is 166 Å². The number of amides is 2. The van der Waals surface area contributed by atoms with Crippen molar-refractivity contribution in [2.24, 2.45) is 0 Å². The summed E-state index contributed by atoms with van der Waals surface area (Å²) in [7, 11) is 3.12. The first-order chi connectivity index (χ1) is 13.4. The minimum atomic E-state index is -0.370. The number of methoxy groups -OCH3 is 2. The van der Waals surface area contributed by atoms with Crippen molar-refractivity contribution >= 4 is 27.6 Å². The highest BCUT2D eigenvalue weighted by Crippen LogP contribution is 2.29. The van der Waals surface area contributed by atoms with Gasteiger partial charge in [0.2, 0.25) is 0 Å². The number of hydrogen-bond donors (Lipinski definition) is 1. The molecular formula is C18H26N4O5S. The van der Waals surface area contributed by atoms with Gasteiger partial charge < -0.3 is 19.7 Å². The van der Waals surface area contributed by atoms with Crippen LogP contribution in [-0.2, 0) is 29.1 Å². The standard InChI is InChI=1S/C18H26N4O5S/c1-11(27-4)9-22-15(23)14-12(2)13(10-20-6-5-19-17(20)24)28-16(14)21(18(22)25)7-8-26-3/h11H,5-10H2,1-4H3,(H,19,24). The van der Waals surface area contributed by atoms with E-state index in [-0.39, 0.29) is 29.9 Å². The van der Waals surface area contributed by atoms with Gasteiger partial charge in [-0.25, -0.2) is 9.59 Å². The fraction of sp³-hybridized carbons (Fsp3) is 0.611. The van der Waals surface area contributed by atoms with Crippen LogP contribution in [0.1, 0.15) is 17.4 Å². The number of aryl methyl sites for hydroxylation is 1. The molecule has 2 aromatic rings. The molecule has 3 heterocycles. The van der Waals surface area contributed by atoms with E-state index in [4.69, 9.17) is 9.47 Å². The zero-order valence-electron chi connectivity index (χ0n) is 16.6. The van der Waals surface area contributed by atoms with E-state index in [1.807, 2.05) is 13.8 Å².